The number of benzene rings is 2. The number of amides is 1. The minimum atomic E-state index is -0.985. The molecule has 142 valence electrons. The van der Waals surface area contributed by atoms with Crippen molar-refractivity contribution in [1.82, 2.24) is 5.32 Å². The third-order valence-corrected chi connectivity index (χ3v) is 4.69. The van der Waals surface area contributed by atoms with Crippen LogP contribution in [0, 0.1) is 0 Å². The fourth-order valence-electron chi connectivity index (χ4n) is 3.08. The fourth-order valence-corrected chi connectivity index (χ4v) is 3.32. The van der Waals surface area contributed by atoms with Crippen molar-refractivity contribution < 1.29 is 24.2 Å². The predicted molar refractivity (Wildman–Crippen MR) is 101 cm³/mol. The van der Waals surface area contributed by atoms with Gasteiger partial charge in [0, 0.05) is 6.61 Å². The molecule has 0 saturated carbocycles. The molecule has 2 aromatic carbocycles. The van der Waals surface area contributed by atoms with Crippen molar-refractivity contribution in [2.24, 2.45) is 0 Å². The summed E-state index contributed by atoms with van der Waals surface area (Å²) in [5.74, 6) is -1.01. The van der Waals surface area contributed by atoms with E-state index in [2.05, 4.69) is 5.32 Å². The lowest BCUT2D eigenvalue weighted by atomic mass is 9.94. The Kier molecular flexibility index (Phi) is 5.98. The van der Waals surface area contributed by atoms with Crippen molar-refractivity contribution in [2.45, 2.75) is 18.4 Å². The number of halogens is 1. The number of carbonyl (C=O) groups is 2. The Hall–Kier alpha value is -2.57. The average Bonchev–Trinajstić information content (AvgIpc) is 3.08. The second-order valence-electron chi connectivity index (χ2n) is 6.50. The Morgan fingerprint density at radius 3 is 2.59 bits per heavy atom. The highest BCUT2D eigenvalue weighted by Crippen LogP contribution is 2.30. The van der Waals surface area contributed by atoms with Crippen molar-refractivity contribution in [3.05, 3.63) is 53.6 Å². The first kappa shape index (κ1) is 19.2. The highest BCUT2D eigenvalue weighted by Gasteiger charge is 2.38. The monoisotopic (exact) mass is 389 g/mol. The molecule has 1 aliphatic rings. The van der Waals surface area contributed by atoms with Crippen LogP contribution in [0.25, 0.3) is 11.1 Å². The summed E-state index contributed by atoms with van der Waals surface area (Å²) < 4.78 is 10.8. The number of hydrogen-bond acceptors (Lipinski definition) is 4. The van der Waals surface area contributed by atoms with E-state index in [4.69, 9.17) is 26.2 Å². The molecule has 1 unspecified atom stereocenters. The molecule has 1 saturated heterocycles. The molecule has 1 atom stereocenters. The van der Waals surface area contributed by atoms with Crippen LogP contribution in [0.2, 0.25) is 5.02 Å². The van der Waals surface area contributed by atoms with Gasteiger partial charge in [-0.1, -0.05) is 48.0 Å². The molecule has 1 aliphatic heterocycles. The first-order valence-electron chi connectivity index (χ1n) is 8.56. The Morgan fingerprint density at radius 2 is 1.96 bits per heavy atom. The number of rotatable bonds is 7. The minimum Gasteiger partial charge on any atom is -0.482 e. The van der Waals surface area contributed by atoms with Crippen LogP contribution in [0.3, 0.4) is 0 Å². The van der Waals surface area contributed by atoms with Gasteiger partial charge in [0.1, 0.15) is 5.75 Å². The van der Waals surface area contributed by atoms with Crippen LogP contribution in [-0.4, -0.2) is 42.3 Å². The molecule has 2 N–H and O–H groups in total. The van der Waals surface area contributed by atoms with Gasteiger partial charge in [0.2, 0.25) is 0 Å². The van der Waals surface area contributed by atoms with E-state index in [-0.39, 0.29) is 19.6 Å². The number of carbonyl (C=O) groups excluding carboxylic acids is 1. The number of nitrogens with one attached hydrogen (secondary N) is 1. The second-order valence-corrected chi connectivity index (χ2v) is 6.91. The van der Waals surface area contributed by atoms with Gasteiger partial charge in [-0.15, -0.1) is 0 Å². The summed E-state index contributed by atoms with van der Waals surface area (Å²) in [5, 5.41) is 12.2. The summed E-state index contributed by atoms with van der Waals surface area (Å²) in [6, 6.07) is 15.1. The van der Waals surface area contributed by atoms with E-state index in [1.807, 2.05) is 36.4 Å². The molecule has 27 heavy (non-hydrogen) atoms. The van der Waals surface area contributed by atoms with Crippen molar-refractivity contribution in [1.29, 1.82) is 0 Å². The van der Waals surface area contributed by atoms with Crippen LogP contribution in [0.5, 0.6) is 5.75 Å². The number of ether oxygens (including phenoxy) is 2. The maximum atomic E-state index is 12.2. The van der Waals surface area contributed by atoms with Gasteiger partial charge >= 0.3 is 5.97 Å². The summed E-state index contributed by atoms with van der Waals surface area (Å²) in [5.41, 5.74) is 1.09. The van der Waals surface area contributed by atoms with Crippen LogP contribution in [0.15, 0.2) is 48.5 Å². The van der Waals surface area contributed by atoms with Gasteiger partial charge in [-0.3, -0.25) is 9.59 Å². The number of carboxylic acids is 1. The van der Waals surface area contributed by atoms with Gasteiger partial charge in [-0.25, -0.2) is 0 Å². The molecule has 1 heterocycles. The van der Waals surface area contributed by atoms with Crippen molar-refractivity contribution in [2.75, 3.05) is 19.8 Å². The summed E-state index contributed by atoms with van der Waals surface area (Å²) >= 11 is 6.27. The molecule has 0 aromatic heterocycles. The zero-order chi connectivity index (χ0) is 19.3. The fraction of sp³-hybridized carbons (Fsp3) is 0.300. The van der Waals surface area contributed by atoms with Gasteiger partial charge in [0.15, 0.2) is 6.61 Å². The Balaban J connectivity index is 1.61. The Morgan fingerprint density at radius 1 is 1.19 bits per heavy atom. The first-order chi connectivity index (χ1) is 13.0. The van der Waals surface area contributed by atoms with Gasteiger partial charge in [0.25, 0.3) is 5.91 Å². The minimum absolute atomic E-state index is 0.178. The van der Waals surface area contributed by atoms with E-state index in [1.54, 1.807) is 12.1 Å². The molecular weight excluding hydrogens is 370 g/mol. The van der Waals surface area contributed by atoms with Crippen molar-refractivity contribution >= 4 is 23.5 Å². The Labute approximate surface area is 162 Å². The Bertz CT molecular complexity index is 818. The molecule has 2 aromatic rings. The topological polar surface area (TPSA) is 84.9 Å². The van der Waals surface area contributed by atoms with E-state index < -0.39 is 17.4 Å². The quantitative estimate of drug-likeness (QED) is 0.760. The van der Waals surface area contributed by atoms with Crippen molar-refractivity contribution in [3.63, 3.8) is 0 Å². The molecular formula is C20H20ClNO5. The maximum Gasteiger partial charge on any atom is 0.305 e. The molecule has 7 heteroatoms. The van der Waals surface area contributed by atoms with Crippen LogP contribution in [0.1, 0.15) is 12.8 Å². The van der Waals surface area contributed by atoms with E-state index in [9.17, 15) is 9.59 Å². The predicted octanol–water partition coefficient (Wildman–Crippen LogP) is 3.14. The van der Waals surface area contributed by atoms with Gasteiger partial charge in [0.05, 0.1) is 23.6 Å². The zero-order valence-corrected chi connectivity index (χ0v) is 15.4. The normalized spacial score (nSPS) is 18.9. The zero-order valence-electron chi connectivity index (χ0n) is 14.6. The number of hydrogen-bond donors (Lipinski definition) is 2. The van der Waals surface area contributed by atoms with Gasteiger partial charge in [-0.2, -0.15) is 0 Å². The van der Waals surface area contributed by atoms with Crippen LogP contribution in [0.4, 0.5) is 0 Å². The van der Waals surface area contributed by atoms with Crippen LogP contribution in [-0.2, 0) is 14.3 Å². The summed E-state index contributed by atoms with van der Waals surface area (Å²) in [6.07, 6.45) is 0.267. The van der Waals surface area contributed by atoms with E-state index in [0.717, 1.165) is 11.1 Å². The lowest BCUT2D eigenvalue weighted by molar-refractivity contribution is -0.139. The molecule has 0 bridgehead atoms. The molecule has 0 spiro atoms. The van der Waals surface area contributed by atoms with E-state index >= 15 is 0 Å². The third kappa shape index (κ3) is 4.99. The molecule has 6 nitrogen and oxygen atoms in total. The summed E-state index contributed by atoms with van der Waals surface area (Å²) in [4.78, 5) is 23.3. The van der Waals surface area contributed by atoms with Gasteiger partial charge in [-0.05, 0) is 29.7 Å². The maximum absolute atomic E-state index is 12.2. The summed E-state index contributed by atoms with van der Waals surface area (Å²) in [6.45, 7) is 0.338. The van der Waals surface area contributed by atoms with Crippen LogP contribution >= 0.6 is 11.6 Å². The molecule has 1 amide bonds. The lowest BCUT2D eigenvalue weighted by Gasteiger charge is -2.27. The van der Waals surface area contributed by atoms with E-state index in [0.29, 0.717) is 23.8 Å². The third-order valence-electron chi connectivity index (χ3n) is 4.40. The number of aliphatic carboxylic acids is 1. The second kappa shape index (κ2) is 8.41. The van der Waals surface area contributed by atoms with E-state index in [1.165, 1.54) is 0 Å². The van der Waals surface area contributed by atoms with Gasteiger partial charge < -0.3 is 19.9 Å². The van der Waals surface area contributed by atoms with Crippen LogP contribution < -0.4 is 10.1 Å². The summed E-state index contributed by atoms with van der Waals surface area (Å²) in [7, 11) is 0. The smallest absolute Gasteiger partial charge is 0.305 e. The SMILES string of the molecule is O=C(O)CC1(NC(=O)COc2ccc(-c3ccccc3)cc2Cl)CCOC1. The molecule has 3 rings (SSSR count). The largest absolute Gasteiger partial charge is 0.482 e. The molecule has 1 fully saturated rings. The first-order valence-corrected chi connectivity index (χ1v) is 8.94. The highest BCUT2D eigenvalue weighted by molar-refractivity contribution is 6.32. The standard InChI is InChI=1S/C20H20ClNO5/c21-16-10-15(14-4-2-1-3-5-14)6-7-17(16)27-12-18(23)22-20(11-19(24)25)8-9-26-13-20/h1-7,10H,8-9,11-13H2,(H,22,23)(H,24,25). The molecule has 0 radical (unpaired) electrons. The lowest BCUT2D eigenvalue weighted by Crippen LogP contribution is -2.51. The molecule has 0 aliphatic carbocycles. The van der Waals surface area contributed by atoms with Crippen molar-refractivity contribution in [3.8, 4) is 16.9 Å². The number of carboxylic acid groups (broad SMARTS) is 1. The average molecular weight is 390 g/mol. The highest BCUT2D eigenvalue weighted by atomic mass is 35.5.